The number of aromatic amines is 1. The molecule has 0 aliphatic heterocycles. The highest BCUT2D eigenvalue weighted by Gasteiger charge is 2.19. The molecule has 4 heteroatoms. The number of nitrogens with zero attached hydrogens (tertiary/aromatic N) is 2. The second kappa shape index (κ2) is 5.58. The summed E-state index contributed by atoms with van der Waals surface area (Å²) >= 11 is 5.45. The van der Waals surface area contributed by atoms with E-state index in [0.717, 1.165) is 23.9 Å². The molecule has 1 heterocycles. The number of fused-ring (bicyclic) bond motifs is 1. The van der Waals surface area contributed by atoms with Gasteiger partial charge >= 0.3 is 0 Å². The van der Waals surface area contributed by atoms with Crippen LogP contribution in [0.25, 0.3) is 11.0 Å². The Morgan fingerprint density at radius 2 is 2.05 bits per heavy atom. The van der Waals surface area contributed by atoms with E-state index < -0.39 is 0 Å². The Balaban J connectivity index is 2.65. The monoisotopic (exact) mass is 273 g/mol. The fourth-order valence-electron chi connectivity index (χ4n) is 2.83. The Hall–Kier alpha value is -1.60. The number of hydrogen-bond acceptors (Lipinski definition) is 2. The highest BCUT2D eigenvalue weighted by atomic mass is 32.1. The highest BCUT2D eigenvalue weighted by molar-refractivity contribution is 7.71. The van der Waals surface area contributed by atoms with Gasteiger partial charge in [0.2, 0.25) is 0 Å². The smallest absolute Gasteiger partial charge is 0.178 e. The van der Waals surface area contributed by atoms with Crippen molar-refractivity contribution in [2.75, 3.05) is 0 Å². The minimum Gasteiger partial charge on any atom is -0.329 e. The van der Waals surface area contributed by atoms with Gasteiger partial charge in [-0.3, -0.25) is 0 Å². The predicted molar refractivity (Wildman–Crippen MR) is 80.6 cm³/mol. The molecule has 0 amide bonds. The SMILES string of the molecule is CCC(CC)C(C)n1c(=S)[nH]c2c(C#N)cccc21. The summed E-state index contributed by atoms with van der Waals surface area (Å²) in [5, 5.41) is 9.16. The molecule has 2 aromatic rings. The average Bonchev–Trinajstić information content (AvgIpc) is 2.75. The van der Waals surface area contributed by atoms with Gasteiger partial charge in [0.05, 0.1) is 16.6 Å². The van der Waals surface area contributed by atoms with Crippen molar-refractivity contribution < 1.29 is 0 Å². The molecular weight excluding hydrogens is 254 g/mol. The first-order valence-electron chi connectivity index (χ1n) is 6.77. The Bertz CT molecular complexity index is 671. The summed E-state index contributed by atoms with van der Waals surface area (Å²) in [6.07, 6.45) is 2.26. The number of imidazole rings is 1. The van der Waals surface area contributed by atoms with Crippen LogP contribution < -0.4 is 0 Å². The lowest BCUT2D eigenvalue weighted by atomic mass is 9.95. The molecule has 1 unspecified atom stereocenters. The average molecular weight is 273 g/mol. The van der Waals surface area contributed by atoms with Gasteiger partial charge in [-0.25, -0.2) is 0 Å². The van der Waals surface area contributed by atoms with Crippen molar-refractivity contribution in [1.29, 1.82) is 5.26 Å². The van der Waals surface area contributed by atoms with Gasteiger partial charge in [-0.2, -0.15) is 5.26 Å². The molecule has 1 aromatic carbocycles. The van der Waals surface area contributed by atoms with E-state index in [9.17, 15) is 0 Å². The van der Waals surface area contributed by atoms with Crippen LogP contribution in [0.3, 0.4) is 0 Å². The second-order valence-electron chi connectivity index (χ2n) is 4.93. The van der Waals surface area contributed by atoms with E-state index in [4.69, 9.17) is 17.5 Å². The van der Waals surface area contributed by atoms with E-state index in [1.165, 1.54) is 0 Å². The van der Waals surface area contributed by atoms with Crippen LogP contribution in [0.2, 0.25) is 0 Å². The third-order valence-corrected chi connectivity index (χ3v) is 4.31. The summed E-state index contributed by atoms with van der Waals surface area (Å²) < 4.78 is 2.86. The molecule has 3 nitrogen and oxygen atoms in total. The lowest BCUT2D eigenvalue weighted by Crippen LogP contribution is -2.15. The number of benzene rings is 1. The molecule has 1 aromatic heterocycles. The zero-order valence-electron chi connectivity index (χ0n) is 11.6. The Kier molecular flexibility index (Phi) is 4.06. The molecule has 100 valence electrons. The van der Waals surface area contributed by atoms with Gasteiger partial charge < -0.3 is 9.55 Å². The van der Waals surface area contributed by atoms with E-state index in [0.29, 0.717) is 22.3 Å². The summed E-state index contributed by atoms with van der Waals surface area (Å²) in [6.45, 7) is 6.63. The lowest BCUT2D eigenvalue weighted by molar-refractivity contribution is 0.337. The molecule has 0 bridgehead atoms. The number of H-pyrrole nitrogens is 1. The number of aromatic nitrogens is 2. The Morgan fingerprint density at radius 3 is 2.63 bits per heavy atom. The van der Waals surface area contributed by atoms with E-state index in [2.05, 4.69) is 36.4 Å². The second-order valence-corrected chi connectivity index (χ2v) is 5.32. The van der Waals surface area contributed by atoms with Crippen molar-refractivity contribution in [2.24, 2.45) is 5.92 Å². The number of para-hydroxylation sites is 1. The predicted octanol–water partition coefficient (Wildman–Crippen LogP) is 4.57. The molecule has 0 spiro atoms. The number of hydrogen-bond donors (Lipinski definition) is 1. The molecule has 1 N–H and O–H groups in total. The lowest BCUT2D eigenvalue weighted by Gasteiger charge is -2.23. The maximum Gasteiger partial charge on any atom is 0.178 e. The number of rotatable bonds is 4. The van der Waals surface area contributed by atoms with Crippen LogP contribution in [-0.4, -0.2) is 9.55 Å². The largest absolute Gasteiger partial charge is 0.329 e. The first kappa shape index (κ1) is 13.8. The molecular formula is C15H19N3S. The number of nitriles is 1. The molecule has 0 fully saturated rings. The van der Waals surface area contributed by atoms with E-state index in [-0.39, 0.29) is 0 Å². The van der Waals surface area contributed by atoms with Crippen LogP contribution >= 0.6 is 12.2 Å². The summed E-state index contributed by atoms with van der Waals surface area (Å²) in [6, 6.07) is 8.32. The van der Waals surface area contributed by atoms with E-state index >= 15 is 0 Å². The van der Waals surface area contributed by atoms with Crippen LogP contribution in [0.1, 0.15) is 45.2 Å². The molecule has 0 aliphatic rings. The minimum absolute atomic E-state index is 0.338. The summed E-state index contributed by atoms with van der Waals surface area (Å²) in [4.78, 5) is 3.19. The van der Waals surface area contributed by atoms with Crippen LogP contribution in [0, 0.1) is 22.0 Å². The molecule has 1 atom stereocenters. The fourth-order valence-corrected chi connectivity index (χ4v) is 3.19. The van der Waals surface area contributed by atoms with Crippen LogP contribution in [-0.2, 0) is 0 Å². The zero-order valence-corrected chi connectivity index (χ0v) is 12.4. The van der Waals surface area contributed by atoms with Crippen molar-refractivity contribution in [2.45, 2.75) is 39.7 Å². The molecule has 19 heavy (non-hydrogen) atoms. The van der Waals surface area contributed by atoms with E-state index in [1.807, 2.05) is 18.2 Å². The van der Waals surface area contributed by atoms with Crippen LogP contribution in [0.4, 0.5) is 0 Å². The quantitative estimate of drug-likeness (QED) is 0.829. The first-order chi connectivity index (χ1) is 9.13. The highest BCUT2D eigenvalue weighted by Crippen LogP contribution is 2.29. The number of nitrogens with one attached hydrogen (secondary N) is 1. The zero-order chi connectivity index (χ0) is 14.0. The molecule has 0 radical (unpaired) electrons. The van der Waals surface area contributed by atoms with Gasteiger partial charge in [0.15, 0.2) is 4.77 Å². The molecule has 0 aliphatic carbocycles. The fraction of sp³-hybridized carbons (Fsp3) is 0.467. The van der Waals surface area contributed by atoms with Gasteiger partial charge in [0, 0.05) is 6.04 Å². The van der Waals surface area contributed by atoms with Gasteiger partial charge in [-0.05, 0) is 37.2 Å². The van der Waals surface area contributed by atoms with E-state index in [1.54, 1.807) is 0 Å². The normalized spacial score (nSPS) is 12.8. The molecule has 2 rings (SSSR count). The van der Waals surface area contributed by atoms with Crippen molar-refractivity contribution >= 4 is 23.3 Å². The molecule has 0 saturated heterocycles. The first-order valence-corrected chi connectivity index (χ1v) is 7.18. The Morgan fingerprint density at radius 1 is 1.37 bits per heavy atom. The summed E-state index contributed by atoms with van der Waals surface area (Å²) in [7, 11) is 0. The van der Waals surface area contributed by atoms with Crippen molar-refractivity contribution in [3.8, 4) is 6.07 Å². The van der Waals surface area contributed by atoms with Crippen LogP contribution in [0.5, 0.6) is 0 Å². The standard InChI is InChI=1S/C15H19N3S/c1-4-11(5-2)10(3)18-13-8-6-7-12(9-16)14(13)17-15(18)19/h6-8,10-11H,4-5H2,1-3H3,(H,17,19). The van der Waals surface area contributed by atoms with Crippen molar-refractivity contribution in [1.82, 2.24) is 9.55 Å². The minimum atomic E-state index is 0.338. The van der Waals surface area contributed by atoms with Gasteiger partial charge in [0.1, 0.15) is 6.07 Å². The summed E-state index contributed by atoms with van der Waals surface area (Å²) in [5.41, 5.74) is 2.54. The molecule has 0 saturated carbocycles. The topological polar surface area (TPSA) is 44.5 Å². The van der Waals surface area contributed by atoms with Gasteiger partial charge in [0.25, 0.3) is 0 Å². The third kappa shape index (κ3) is 2.31. The maximum atomic E-state index is 9.16. The van der Waals surface area contributed by atoms with Gasteiger partial charge in [-0.15, -0.1) is 0 Å². The van der Waals surface area contributed by atoms with Crippen molar-refractivity contribution in [3.63, 3.8) is 0 Å². The third-order valence-electron chi connectivity index (χ3n) is 4.01. The van der Waals surface area contributed by atoms with Crippen LogP contribution in [0.15, 0.2) is 18.2 Å². The maximum absolute atomic E-state index is 9.16. The Labute approximate surface area is 118 Å². The van der Waals surface area contributed by atoms with Crippen molar-refractivity contribution in [3.05, 3.63) is 28.5 Å². The van der Waals surface area contributed by atoms with Gasteiger partial charge in [-0.1, -0.05) is 32.8 Å². The summed E-state index contributed by atoms with van der Waals surface area (Å²) in [5.74, 6) is 0.594.